The predicted octanol–water partition coefficient (Wildman–Crippen LogP) is 1.97. The first-order valence-electron chi connectivity index (χ1n) is 7.40. The van der Waals surface area contributed by atoms with E-state index in [0.717, 1.165) is 42.5 Å². The summed E-state index contributed by atoms with van der Waals surface area (Å²) >= 11 is 0. The van der Waals surface area contributed by atoms with Crippen LogP contribution in [0.1, 0.15) is 40.7 Å². The van der Waals surface area contributed by atoms with Gasteiger partial charge in [-0.25, -0.2) is 4.79 Å². The fourth-order valence-electron chi connectivity index (χ4n) is 2.96. The molecule has 0 saturated carbocycles. The molecule has 0 spiro atoms. The molecule has 1 atom stereocenters. The molecule has 1 saturated heterocycles. The van der Waals surface area contributed by atoms with Crippen LogP contribution in [0.15, 0.2) is 18.2 Å². The number of likely N-dealkylation sites (tertiary alicyclic amines) is 1. The summed E-state index contributed by atoms with van der Waals surface area (Å²) in [6.07, 6.45) is 2.97. The van der Waals surface area contributed by atoms with Crippen LogP contribution in [-0.4, -0.2) is 36.0 Å². The minimum atomic E-state index is -0.542. The Morgan fingerprint density at radius 1 is 1.24 bits per heavy atom. The van der Waals surface area contributed by atoms with Crippen LogP contribution in [0.3, 0.4) is 0 Å². The zero-order valence-electron chi connectivity index (χ0n) is 12.7. The molecule has 1 aromatic rings. The van der Waals surface area contributed by atoms with Crippen LogP contribution in [0, 0.1) is 13.8 Å². The van der Waals surface area contributed by atoms with Crippen LogP contribution >= 0.6 is 0 Å². The van der Waals surface area contributed by atoms with Crippen molar-refractivity contribution in [2.45, 2.75) is 39.2 Å². The molecular formula is C16H23N3O2. The average Bonchev–Trinajstić information content (AvgIpc) is 2.43. The smallest absolute Gasteiger partial charge is 0.312 e. The van der Waals surface area contributed by atoms with Crippen molar-refractivity contribution in [3.8, 4) is 0 Å². The molecular weight excluding hydrogens is 266 g/mol. The average molecular weight is 289 g/mol. The van der Waals surface area contributed by atoms with E-state index in [1.54, 1.807) is 0 Å². The van der Waals surface area contributed by atoms with E-state index in [9.17, 15) is 9.59 Å². The lowest BCUT2D eigenvalue weighted by molar-refractivity contribution is 0.0615. The van der Waals surface area contributed by atoms with Gasteiger partial charge in [-0.1, -0.05) is 17.2 Å². The molecule has 1 heterocycles. The second-order valence-corrected chi connectivity index (χ2v) is 5.77. The van der Waals surface area contributed by atoms with Crippen LogP contribution < -0.4 is 11.1 Å². The van der Waals surface area contributed by atoms with Crippen LogP contribution in [0.4, 0.5) is 4.79 Å². The largest absolute Gasteiger partial charge is 0.352 e. The summed E-state index contributed by atoms with van der Waals surface area (Å²) in [5.41, 5.74) is 8.02. The molecule has 21 heavy (non-hydrogen) atoms. The Morgan fingerprint density at radius 2 is 1.90 bits per heavy atom. The third-order valence-corrected chi connectivity index (χ3v) is 3.87. The zero-order valence-corrected chi connectivity index (χ0v) is 12.7. The third kappa shape index (κ3) is 3.97. The third-order valence-electron chi connectivity index (χ3n) is 3.87. The number of hydrogen-bond donors (Lipinski definition) is 2. The first-order valence-corrected chi connectivity index (χ1v) is 7.40. The number of nitrogens with zero attached hydrogens (tertiary/aromatic N) is 1. The second-order valence-electron chi connectivity index (χ2n) is 5.77. The van der Waals surface area contributed by atoms with Crippen molar-refractivity contribution in [3.63, 3.8) is 0 Å². The lowest BCUT2D eigenvalue weighted by Crippen LogP contribution is -2.50. The first-order chi connectivity index (χ1) is 9.97. The van der Waals surface area contributed by atoms with Gasteiger partial charge in [-0.2, -0.15) is 0 Å². The predicted molar refractivity (Wildman–Crippen MR) is 82.2 cm³/mol. The molecule has 0 bridgehead atoms. The molecule has 0 radical (unpaired) electrons. The maximum absolute atomic E-state index is 12.7. The molecule has 2 rings (SSSR count). The van der Waals surface area contributed by atoms with E-state index in [1.165, 1.54) is 0 Å². The van der Waals surface area contributed by atoms with Crippen LogP contribution in [0.25, 0.3) is 0 Å². The highest BCUT2D eigenvalue weighted by Gasteiger charge is 2.27. The van der Waals surface area contributed by atoms with Crippen molar-refractivity contribution in [2.24, 2.45) is 5.73 Å². The lowest BCUT2D eigenvalue weighted by Gasteiger charge is -2.36. The summed E-state index contributed by atoms with van der Waals surface area (Å²) in [5.74, 6) is 0.0396. The standard InChI is InChI=1S/C16H23N3O2/c1-11-7-12(2)9-13(8-11)15(20)19-6-4-3-5-14(19)10-18-16(17)21/h7-9,14H,3-6,10H2,1-2H3,(H3,17,18,21)/t14-/m1/s1. The quantitative estimate of drug-likeness (QED) is 0.892. The number of urea groups is 1. The number of primary amides is 1. The Kier molecular flexibility index (Phi) is 4.83. The van der Waals surface area contributed by atoms with Gasteiger partial charge in [0.25, 0.3) is 5.91 Å². The second kappa shape index (κ2) is 6.61. The first kappa shape index (κ1) is 15.4. The van der Waals surface area contributed by atoms with Crippen molar-refractivity contribution >= 4 is 11.9 Å². The van der Waals surface area contributed by atoms with Crippen molar-refractivity contribution in [3.05, 3.63) is 34.9 Å². The number of aryl methyl sites for hydroxylation is 2. The normalized spacial score (nSPS) is 18.4. The van der Waals surface area contributed by atoms with Gasteiger partial charge < -0.3 is 16.0 Å². The fourth-order valence-corrected chi connectivity index (χ4v) is 2.96. The number of benzene rings is 1. The molecule has 5 nitrogen and oxygen atoms in total. The highest BCUT2D eigenvalue weighted by Crippen LogP contribution is 2.20. The molecule has 3 N–H and O–H groups in total. The summed E-state index contributed by atoms with van der Waals surface area (Å²) in [4.78, 5) is 25.5. The number of piperidine rings is 1. The minimum Gasteiger partial charge on any atom is -0.352 e. The van der Waals surface area contributed by atoms with Gasteiger partial charge in [-0.05, 0) is 45.2 Å². The summed E-state index contributed by atoms with van der Waals surface area (Å²) in [7, 11) is 0. The fraction of sp³-hybridized carbons (Fsp3) is 0.500. The lowest BCUT2D eigenvalue weighted by atomic mass is 9.99. The number of nitrogens with one attached hydrogen (secondary N) is 1. The molecule has 5 heteroatoms. The molecule has 114 valence electrons. The monoisotopic (exact) mass is 289 g/mol. The van der Waals surface area contributed by atoms with Gasteiger partial charge in [0.15, 0.2) is 0 Å². The van der Waals surface area contributed by atoms with Gasteiger partial charge in [-0.3, -0.25) is 4.79 Å². The Morgan fingerprint density at radius 3 is 2.52 bits per heavy atom. The molecule has 1 aromatic carbocycles. The van der Waals surface area contributed by atoms with Crippen LogP contribution in [-0.2, 0) is 0 Å². The van der Waals surface area contributed by atoms with Gasteiger partial charge in [0.1, 0.15) is 0 Å². The van der Waals surface area contributed by atoms with E-state index >= 15 is 0 Å². The van der Waals surface area contributed by atoms with Crippen molar-refractivity contribution < 1.29 is 9.59 Å². The maximum atomic E-state index is 12.7. The molecule has 3 amide bonds. The SMILES string of the molecule is Cc1cc(C)cc(C(=O)N2CCCC[C@@H]2CNC(N)=O)c1. The van der Waals surface area contributed by atoms with E-state index in [0.29, 0.717) is 6.54 Å². The molecule has 1 aliphatic rings. The van der Waals surface area contributed by atoms with Crippen molar-refractivity contribution in [1.29, 1.82) is 0 Å². The Balaban J connectivity index is 2.15. The van der Waals surface area contributed by atoms with Gasteiger partial charge in [0.2, 0.25) is 0 Å². The Hall–Kier alpha value is -2.04. The number of hydrogen-bond acceptors (Lipinski definition) is 2. The van der Waals surface area contributed by atoms with E-state index in [2.05, 4.69) is 11.4 Å². The highest BCUT2D eigenvalue weighted by atomic mass is 16.2. The van der Waals surface area contributed by atoms with Gasteiger partial charge in [0.05, 0.1) is 0 Å². The number of carbonyl (C=O) groups is 2. The van der Waals surface area contributed by atoms with Crippen LogP contribution in [0.5, 0.6) is 0 Å². The van der Waals surface area contributed by atoms with Crippen LogP contribution in [0.2, 0.25) is 0 Å². The summed E-state index contributed by atoms with van der Waals surface area (Å²) < 4.78 is 0. The number of carbonyl (C=O) groups excluding carboxylic acids is 2. The van der Waals surface area contributed by atoms with Gasteiger partial charge in [-0.15, -0.1) is 0 Å². The number of nitrogens with two attached hydrogens (primary N) is 1. The summed E-state index contributed by atoms with van der Waals surface area (Å²) in [6.45, 7) is 5.14. The molecule has 0 unspecified atom stereocenters. The van der Waals surface area contributed by atoms with Gasteiger partial charge in [0, 0.05) is 24.7 Å². The van der Waals surface area contributed by atoms with E-state index in [-0.39, 0.29) is 11.9 Å². The van der Waals surface area contributed by atoms with E-state index in [4.69, 9.17) is 5.73 Å². The number of rotatable bonds is 3. The van der Waals surface area contributed by atoms with Crippen molar-refractivity contribution in [1.82, 2.24) is 10.2 Å². The van der Waals surface area contributed by atoms with Gasteiger partial charge >= 0.3 is 6.03 Å². The summed E-state index contributed by atoms with van der Waals surface area (Å²) in [6, 6.07) is 5.38. The van der Waals surface area contributed by atoms with E-state index < -0.39 is 6.03 Å². The molecule has 1 fully saturated rings. The number of amides is 3. The molecule has 0 aromatic heterocycles. The Labute approximate surface area is 125 Å². The Bertz CT molecular complexity index is 522. The minimum absolute atomic E-state index is 0.0274. The zero-order chi connectivity index (χ0) is 15.4. The molecule has 0 aliphatic carbocycles. The summed E-state index contributed by atoms with van der Waals surface area (Å²) in [5, 5.41) is 2.62. The topological polar surface area (TPSA) is 75.4 Å². The molecule has 1 aliphatic heterocycles. The maximum Gasteiger partial charge on any atom is 0.312 e. The highest BCUT2D eigenvalue weighted by molar-refractivity contribution is 5.95. The van der Waals surface area contributed by atoms with Crippen molar-refractivity contribution in [2.75, 3.05) is 13.1 Å². The van der Waals surface area contributed by atoms with E-state index in [1.807, 2.05) is 30.9 Å².